The van der Waals surface area contributed by atoms with Crippen LogP contribution in [0.2, 0.25) is 0 Å². The van der Waals surface area contributed by atoms with Crippen molar-refractivity contribution in [2.45, 2.75) is 26.3 Å². The van der Waals surface area contributed by atoms with Crippen molar-refractivity contribution in [3.63, 3.8) is 0 Å². The molecule has 16 heavy (non-hydrogen) atoms. The number of nitrogens with two attached hydrogens (primary N) is 1. The lowest BCUT2D eigenvalue weighted by Crippen LogP contribution is -2.36. The zero-order valence-corrected chi connectivity index (χ0v) is 10.6. The summed E-state index contributed by atoms with van der Waals surface area (Å²) >= 11 is 1.67. The molecule has 0 spiro atoms. The number of anilines is 1. The fourth-order valence-corrected chi connectivity index (χ4v) is 1.60. The van der Waals surface area contributed by atoms with E-state index < -0.39 is 6.04 Å². The molecule has 1 aromatic heterocycles. The minimum atomic E-state index is -0.503. The van der Waals surface area contributed by atoms with Gasteiger partial charge in [0.2, 0.25) is 11.8 Å². The summed E-state index contributed by atoms with van der Waals surface area (Å²) in [6.07, 6.45) is 2.63. The van der Waals surface area contributed by atoms with Crippen molar-refractivity contribution in [2.24, 2.45) is 5.73 Å². The number of aromatic nitrogens is 1. The summed E-state index contributed by atoms with van der Waals surface area (Å²) in [5, 5.41) is 6.39. The highest BCUT2D eigenvalue weighted by Gasteiger charge is 2.17. The third-order valence-corrected chi connectivity index (χ3v) is 3.01. The Morgan fingerprint density at radius 2 is 2.31 bits per heavy atom. The lowest BCUT2D eigenvalue weighted by molar-refractivity contribution is -0.117. The normalized spacial score (nSPS) is 12.5. The van der Waals surface area contributed by atoms with E-state index in [2.05, 4.69) is 10.5 Å². The van der Waals surface area contributed by atoms with Gasteiger partial charge in [0, 0.05) is 5.56 Å². The summed E-state index contributed by atoms with van der Waals surface area (Å²) in [4.78, 5) is 11.6. The maximum atomic E-state index is 11.6. The molecule has 90 valence electrons. The van der Waals surface area contributed by atoms with E-state index in [9.17, 15) is 4.79 Å². The van der Waals surface area contributed by atoms with Crippen LogP contribution >= 0.6 is 11.8 Å². The van der Waals surface area contributed by atoms with Crippen molar-refractivity contribution < 1.29 is 9.32 Å². The highest BCUT2D eigenvalue weighted by Crippen LogP contribution is 2.17. The van der Waals surface area contributed by atoms with E-state index in [1.54, 1.807) is 11.8 Å². The Kier molecular flexibility index (Phi) is 4.82. The van der Waals surface area contributed by atoms with Crippen molar-refractivity contribution in [1.82, 2.24) is 5.16 Å². The second kappa shape index (κ2) is 5.91. The van der Waals surface area contributed by atoms with Gasteiger partial charge in [-0.3, -0.25) is 10.1 Å². The molecule has 1 amide bonds. The van der Waals surface area contributed by atoms with Gasteiger partial charge in [0.1, 0.15) is 0 Å². The van der Waals surface area contributed by atoms with E-state index in [1.807, 2.05) is 20.1 Å². The van der Waals surface area contributed by atoms with Crippen LogP contribution in [-0.2, 0) is 4.79 Å². The van der Waals surface area contributed by atoms with E-state index in [0.29, 0.717) is 12.3 Å². The molecule has 1 rings (SSSR count). The molecular formula is C10H17N3O2S. The summed E-state index contributed by atoms with van der Waals surface area (Å²) < 4.78 is 4.98. The summed E-state index contributed by atoms with van der Waals surface area (Å²) in [7, 11) is 0. The van der Waals surface area contributed by atoms with Crippen LogP contribution in [0.25, 0.3) is 0 Å². The van der Waals surface area contributed by atoms with Crippen LogP contribution in [0.15, 0.2) is 4.52 Å². The van der Waals surface area contributed by atoms with Gasteiger partial charge < -0.3 is 10.3 Å². The molecule has 0 unspecified atom stereocenters. The van der Waals surface area contributed by atoms with Gasteiger partial charge in [0.25, 0.3) is 0 Å². The number of carbonyl (C=O) groups excluding carboxylic acids is 1. The van der Waals surface area contributed by atoms with E-state index in [0.717, 1.165) is 17.0 Å². The molecule has 0 radical (unpaired) electrons. The zero-order chi connectivity index (χ0) is 12.1. The number of carbonyl (C=O) groups is 1. The third kappa shape index (κ3) is 3.24. The Morgan fingerprint density at radius 1 is 1.62 bits per heavy atom. The second-order valence-electron chi connectivity index (χ2n) is 3.60. The van der Waals surface area contributed by atoms with Gasteiger partial charge in [-0.15, -0.1) is 0 Å². The molecule has 1 aromatic rings. The standard InChI is InChI=1S/C10H17N3O2S/c1-6-7(2)13-15-10(6)12-9(14)8(11)4-5-16-3/h8H,4-5,11H2,1-3H3,(H,12,14)/t8-/m1/s1. The fraction of sp³-hybridized carbons (Fsp3) is 0.600. The molecule has 0 aliphatic rings. The van der Waals surface area contributed by atoms with Crippen LogP contribution in [-0.4, -0.2) is 29.1 Å². The summed E-state index contributed by atoms with van der Waals surface area (Å²) in [5.41, 5.74) is 7.33. The topological polar surface area (TPSA) is 81.2 Å². The summed E-state index contributed by atoms with van der Waals surface area (Å²) in [6.45, 7) is 3.66. The molecule has 0 bridgehead atoms. The lowest BCUT2D eigenvalue weighted by atomic mass is 10.2. The third-order valence-electron chi connectivity index (χ3n) is 2.36. The van der Waals surface area contributed by atoms with Crippen LogP contribution < -0.4 is 11.1 Å². The number of hydrogen-bond donors (Lipinski definition) is 2. The average Bonchev–Trinajstić information content (AvgIpc) is 2.57. The first kappa shape index (κ1) is 13.1. The van der Waals surface area contributed by atoms with Gasteiger partial charge in [0.15, 0.2) is 0 Å². The number of amides is 1. The minimum Gasteiger partial charge on any atom is -0.338 e. The second-order valence-corrected chi connectivity index (χ2v) is 4.58. The SMILES string of the molecule is CSCC[C@@H](N)C(=O)Nc1onc(C)c1C. The predicted octanol–water partition coefficient (Wildman–Crippen LogP) is 1.31. The molecule has 1 atom stereocenters. The Bertz CT molecular complexity index is 365. The molecule has 5 nitrogen and oxygen atoms in total. The van der Waals surface area contributed by atoms with Crippen molar-refractivity contribution in [3.05, 3.63) is 11.3 Å². The molecule has 0 fully saturated rings. The Morgan fingerprint density at radius 3 is 2.81 bits per heavy atom. The predicted molar refractivity (Wildman–Crippen MR) is 65.6 cm³/mol. The van der Waals surface area contributed by atoms with Crippen LogP contribution in [0.3, 0.4) is 0 Å². The first-order chi connectivity index (χ1) is 7.56. The molecule has 0 saturated carbocycles. The largest absolute Gasteiger partial charge is 0.338 e. The van der Waals surface area contributed by atoms with Gasteiger partial charge in [-0.1, -0.05) is 5.16 Å². The zero-order valence-electron chi connectivity index (χ0n) is 9.74. The van der Waals surface area contributed by atoms with E-state index in [1.165, 1.54) is 0 Å². The van der Waals surface area contributed by atoms with Crippen LogP contribution in [0.5, 0.6) is 0 Å². The smallest absolute Gasteiger partial charge is 0.243 e. The molecule has 1 heterocycles. The van der Waals surface area contributed by atoms with Crippen molar-refractivity contribution in [2.75, 3.05) is 17.3 Å². The number of nitrogens with one attached hydrogen (secondary N) is 1. The monoisotopic (exact) mass is 243 g/mol. The minimum absolute atomic E-state index is 0.228. The molecule has 0 aliphatic heterocycles. The Balaban J connectivity index is 2.54. The Labute approximate surface area is 99.1 Å². The maximum absolute atomic E-state index is 11.6. The number of aryl methyl sites for hydroxylation is 1. The average molecular weight is 243 g/mol. The number of nitrogens with zero attached hydrogens (tertiary/aromatic N) is 1. The van der Waals surface area contributed by atoms with Crippen molar-refractivity contribution in [1.29, 1.82) is 0 Å². The summed E-state index contributed by atoms with van der Waals surface area (Å²) in [6, 6.07) is -0.503. The molecule has 6 heteroatoms. The van der Waals surface area contributed by atoms with Crippen LogP contribution in [0.4, 0.5) is 5.88 Å². The van der Waals surface area contributed by atoms with Crippen LogP contribution in [0, 0.1) is 13.8 Å². The number of rotatable bonds is 5. The maximum Gasteiger partial charge on any atom is 0.243 e. The quantitative estimate of drug-likeness (QED) is 0.815. The molecule has 0 aromatic carbocycles. The highest BCUT2D eigenvalue weighted by atomic mass is 32.2. The molecule has 0 aliphatic carbocycles. The highest BCUT2D eigenvalue weighted by molar-refractivity contribution is 7.98. The number of hydrogen-bond acceptors (Lipinski definition) is 5. The number of thioether (sulfide) groups is 1. The first-order valence-electron chi connectivity index (χ1n) is 5.04. The van der Waals surface area contributed by atoms with Gasteiger partial charge in [-0.05, 0) is 32.3 Å². The molecular weight excluding hydrogens is 226 g/mol. The van der Waals surface area contributed by atoms with Gasteiger partial charge in [-0.25, -0.2) is 0 Å². The van der Waals surface area contributed by atoms with Crippen molar-refractivity contribution in [3.8, 4) is 0 Å². The molecule has 0 saturated heterocycles. The molecule has 3 N–H and O–H groups in total. The van der Waals surface area contributed by atoms with Gasteiger partial charge >= 0.3 is 0 Å². The van der Waals surface area contributed by atoms with Crippen LogP contribution in [0.1, 0.15) is 17.7 Å². The van der Waals surface area contributed by atoms with E-state index in [4.69, 9.17) is 10.3 Å². The fourth-order valence-electron chi connectivity index (χ4n) is 1.11. The van der Waals surface area contributed by atoms with E-state index >= 15 is 0 Å². The van der Waals surface area contributed by atoms with Gasteiger partial charge in [-0.2, -0.15) is 11.8 Å². The first-order valence-corrected chi connectivity index (χ1v) is 6.44. The summed E-state index contributed by atoms with van der Waals surface area (Å²) in [5.74, 6) is 1.03. The Hall–Kier alpha value is -1.01. The lowest BCUT2D eigenvalue weighted by Gasteiger charge is -2.09. The van der Waals surface area contributed by atoms with Crippen molar-refractivity contribution >= 4 is 23.6 Å². The van der Waals surface area contributed by atoms with Gasteiger partial charge in [0.05, 0.1) is 11.7 Å². The van der Waals surface area contributed by atoms with E-state index in [-0.39, 0.29) is 5.91 Å².